The van der Waals surface area contributed by atoms with Gasteiger partial charge in [-0.2, -0.15) is 0 Å². The van der Waals surface area contributed by atoms with Crippen LogP contribution in [0, 0.1) is 6.92 Å². The van der Waals surface area contributed by atoms with Crippen LogP contribution in [0.5, 0.6) is 0 Å². The predicted molar refractivity (Wildman–Crippen MR) is 73.7 cm³/mol. The molecule has 0 atom stereocenters. The van der Waals surface area contributed by atoms with Crippen molar-refractivity contribution in [2.24, 2.45) is 10.7 Å². The number of carbonyl (C=O) groups excluding carboxylic acids is 1. The minimum atomic E-state index is -0.0905. The number of hydrogen-bond donors (Lipinski definition) is 3. The average Bonchev–Trinajstić information content (AvgIpc) is 2.35. The van der Waals surface area contributed by atoms with Gasteiger partial charge in [0, 0.05) is 18.7 Å². The smallest absolute Gasteiger partial charge is 0.251 e. The molecule has 18 heavy (non-hydrogen) atoms. The van der Waals surface area contributed by atoms with Gasteiger partial charge in [-0.1, -0.05) is 17.7 Å². The average molecular weight is 248 g/mol. The molecule has 0 spiro atoms. The van der Waals surface area contributed by atoms with Crippen molar-refractivity contribution in [1.82, 2.24) is 10.6 Å². The molecule has 0 heterocycles. The van der Waals surface area contributed by atoms with E-state index in [0.717, 1.165) is 12.1 Å². The van der Waals surface area contributed by atoms with Gasteiger partial charge in [0.1, 0.15) is 0 Å². The monoisotopic (exact) mass is 248 g/mol. The minimum absolute atomic E-state index is 0.0905. The van der Waals surface area contributed by atoms with Crippen LogP contribution in [-0.4, -0.2) is 31.5 Å². The summed E-state index contributed by atoms with van der Waals surface area (Å²) in [5.74, 6) is 0.314. The second-order valence-corrected chi connectivity index (χ2v) is 3.92. The summed E-state index contributed by atoms with van der Waals surface area (Å²) in [5.41, 5.74) is 7.35. The third kappa shape index (κ3) is 4.86. The molecule has 1 aromatic rings. The molecule has 0 fully saturated rings. The van der Waals surface area contributed by atoms with Crippen molar-refractivity contribution in [2.75, 3.05) is 19.6 Å². The zero-order valence-electron chi connectivity index (χ0n) is 10.9. The van der Waals surface area contributed by atoms with Crippen molar-refractivity contribution in [1.29, 1.82) is 0 Å². The highest BCUT2D eigenvalue weighted by molar-refractivity contribution is 5.94. The zero-order valence-corrected chi connectivity index (χ0v) is 10.9. The number of guanidine groups is 1. The van der Waals surface area contributed by atoms with Gasteiger partial charge in [0.25, 0.3) is 5.91 Å². The number of benzene rings is 1. The fourth-order valence-electron chi connectivity index (χ4n) is 1.39. The second kappa shape index (κ2) is 7.32. The molecule has 1 amide bonds. The van der Waals surface area contributed by atoms with E-state index < -0.39 is 0 Å². The number of aliphatic imine (C=N–C) groups is 1. The van der Waals surface area contributed by atoms with Crippen LogP contribution in [0.15, 0.2) is 29.3 Å². The highest BCUT2D eigenvalue weighted by atomic mass is 16.1. The quantitative estimate of drug-likeness (QED) is 0.406. The summed E-state index contributed by atoms with van der Waals surface area (Å²) < 4.78 is 0. The molecule has 0 aliphatic heterocycles. The molecular formula is C13H20N4O. The Morgan fingerprint density at radius 1 is 1.28 bits per heavy atom. The van der Waals surface area contributed by atoms with Gasteiger partial charge in [-0.15, -0.1) is 0 Å². The lowest BCUT2D eigenvalue weighted by Crippen LogP contribution is -2.33. The van der Waals surface area contributed by atoms with E-state index in [9.17, 15) is 4.79 Å². The Kier molecular flexibility index (Phi) is 5.70. The number of hydrogen-bond acceptors (Lipinski definition) is 2. The first-order valence-corrected chi connectivity index (χ1v) is 6.02. The Labute approximate surface area is 107 Å². The molecule has 0 aromatic heterocycles. The Morgan fingerprint density at radius 3 is 2.56 bits per heavy atom. The number of carbonyl (C=O) groups is 1. The van der Waals surface area contributed by atoms with Crippen LogP contribution in [0.4, 0.5) is 0 Å². The number of nitrogens with zero attached hydrogens (tertiary/aromatic N) is 1. The van der Waals surface area contributed by atoms with Crippen LogP contribution in [0.1, 0.15) is 22.8 Å². The first-order valence-electron chi connectivity index (χ1n) is 6.02. The summed E-state index contributed by atoms with van der Waals surface area (Å²) in [4.78, 5) is 15.8. The summed E-state index contributed by atoms with van der Waals surface area (Å²) in [5, 5.41) is 5.67. The lowest BCUT2D eigenvalue weighted by molar-refractivity contribution is 0.0955. The lowest BCUT2D eigenvalue weighted by atomic mass is 10.1. The molecule has 0 radical (unpaired) electrons. The molecule has 1 rings (SSSR count). The molecule has 0 bridgehead atoms. The molecule has 0 aliphatic carbocycles. The van der Waals surface area contributed by atoms with E-state index in [2.05, 4.69) is 15.6 Å². The van der Waals surface area contributed by atoms with Crippen LogP contribution >= 0.6 is 0 Å². The van der Waals surface area contributed by atoms with Crippen molar-refractivity contribution in [2.45, 2.75) is 13.8 Å². The molecular weight excluding hydrogens is 228 g/mol. The van der Waals surface area contributed by atoms with Crippen LogP contribution in [-0.2, 0) is 0 Å². The van der Waals surface area contributed by atoms with E-state index in [1.165, 1.54) is 0 Å². The van der Waals surface area contributed by atoms with E-state index in [4.69, 9.17) is 5.73 Å². The summed E-state index contributed by atoms with van der Waals surface area (Å²) in [6, 6.07) is 7.44. The predicted octanol–water partition coefficient (Wildman–Crippen LogP) is 0.649. The number of amides is 1. The molecule has 5 nitrogen and oxygen atoms in total. The number of nitrogens with two attached hydrogens (primary N) is 1. The fraction of sp³-hybridized carbons (Fsp3) is 0.385. The Morgan fingerprint density at radius 2 is 1.94 bits per heavy atom. The highest BCUT2D eigenvalue weighted by Gasteiger charge is 2.03. The number of nitrogens with one attached hydrogen (secondary N) is 2. The zero-order chi connectivity index (χ0) is 13.4. The second-order valence-electron chi connectivity index (χ2n) is 3.92. The van der Waals surface area contributed by atoms with Crippen LogP contribution < -0.4 is 16.4 Å². The van der Waals surface area contributed by atoms with E-state index in [-0.39, 0.29) is 5.91 Å². The van der Waals surface area contributed by atoms with Gasteiger partial charge in [0.15, 0.2) is 5.96 Å². The lowest BCUT2D eigenvalue weighted by Gasteiger charge is -2.05. The van der Waals surface area contributed by atoms with E-state index >= 15 is 0 Å². The SMILES string of the molecule is CCNC(N)=NCCNC(=O)c1ccc(C)cc1. The first-order chi connectivity index (χ1) is 8.63. The van der Waals surface area contributed by atoms with E-state index in [1.54, 1.807) is 12.1 Å². The Bertz CT molecular complexity index is 412. The maximum atomic E-state index is 11.7. The molecule has 98 valence electrons. The Balaban J connectivity index is 2.33. The molecule has 4 N–H and O–H groups in total. The van der Waals surface area contributed by atoms with Crippen molar-refractivity contribution < 1.29 is 4.79 Å². The molecule has 0 saturated carbocycles. The van der Waals surface area contributed by atoms with Gasteiger partial charge >= 0.3 is 0 Å². The third-order valence-electron chi connectivity index (χ3n) is 2.35. The topological polar surface area (TPSA) is 79.5 Å². The van der Waals surface area contributed by atoms with Crippen molar-refractivity contribution in [3.05, 3.63) is 35.4 Å². The van der Waals surface area contributed by atoms with Crippen molar-refractivity contribution in [3.63, 3.8) is 0 Å². The third-order valence-corrected chi connectivity index (χ3v) is 2.35. The molecule has 0 aliphatic rings. The highest BCUT2D eigenvalue weighted by Crippen LogP contribution is 2.02. The van der Waals surface area contributed by atoms with Gasteiger partial charge in [-0.3, -0.25) is 9.79 Å². The van der Waals surface area contributed by atoms with Crippen molar-refractivity contribution in [3.8, 4) is 0 Å². The maximum Gasteiger partial charge on any atom is 0.251 e. The maximum absolute atomic E-state index is 11.7. The van der Waals surface area contributed by atoms with E-state index in [1.807, 2.05) is 26.0 Å². The van der Waals surface area contributed by atoms with Gasteiger partial charge in [0.2, 0.25) is 0 Å². The fourth-order valence-corrected chi connectivity index (χ4v) is 1.39. The number of aryl methyl sites for hydroxylation is 1. The normalized spacial score (nSPS) is 11.1. The molecule has 1 aromatic carbocycles. The van der Waals surface area contributed by atoms with Crippen molar-refractivity contribution >= 4 is 11.9 Å². The van der Waals surface area contributed by atoms with Gasteiger partial charge in [-0.05, 0) is 26.0 Å². The molecule has 0 saturated heterocycles. The summed E-state index contributed by atoms with van der Waals surface area (Å²) >= 11 is 0. The van der Waals surface area contributed by atoms with Crippen LogP contribution in [0.25, 0.3) is 0 Å². The van der Waals surface area contributed by atoms with Gasteiger partial charge in [-0.25, -0.2) is 0 Å². The van der Waals surface area contributed by atoms with Gasteiger partial charge < -0.3 is 16.4 Å². The number of rotatable bonds is 5. The summed E-state index contributed by atoms with van der Waals surface area (Å²) in [6.07, 6.45) is 0. The van der Waals surface area contributed by atoms with Crippen LogP contribution in [0.3, 0.4) is 0 Å². The molecule has 5 heteroatoms. The largest absolute Gasteiger partial charge is 0.370 e. The standard InChI is InChI=1S/C13H20N4O/c1-3-15-13(14)17-9-8-16-12(18)11-6-4-10(2)5-7-11/h4-7H,3,8-9H2,1-2H3,(H,16,18)(H3,14,15,17). The Hall–Kier alpha value is -2.04. The first kappa shape index (κ1) is 14.0. The molecule has 0 unspecified atom stereocenters. The van der Waals surface area contributed by atoms with Crippen LogP contribution in [0.2, 0.25) is 0 Å². The minimum Gasteiger partial charge on any atom is -0.370 e. The summed E-state index contributed by atoms with van der Waals surface area (Å²) in [6.45, 7) is 5.61. The van der Waals surface area contributed by atoms with E-state index in [0.29, 0.717) is 24.6 Å². The summed E-state index contributed by atoms with van der Waals surface area (Å²) in [7, 11) is 0. The van der Waals surface area contributed by atoms with Gasteiger partial charge in [0.05, 0.1) is 6.54 Å².